The number of alkyl halides is 3. The smallest absolute Gasteiger partial charge is 0.416 e. The SMILES string of the molecule is CCOc1cc(C(F)(F)F)ccc1C(=O)NC1CCCC1c1ccc(S(=O)(=O)N(c2nncs2)C(C)C)cc1. The highest BCUT2D eigenvalue weighted by Gasteiger charge is 2.34. The molecule has 0 bridgehead atoms. The third-order valence-corrected chi connectivity index (χ3v) is 9.34. The fourth-order valence-electron chi connectivity index (χ4n) is 4.80. The number of rotatable bonds is 9. The number of carbonyl (C=O) groups excluding carboxylic acids is 1. The predicted molar refractivity (Wildman–Crippen MR) is 142 cm³/mol. The Hall–Kier alpha value is -3.19. The Morgan fingerprint density at radius 1 is 1.18 bits per heavy atom. The molecule has 1 aliphatic rings. The van der Waals surface area contributed by atoms with Gasteiger partial charge in [-0.15, -0.1) is 10.2 Å². The van der Waals surface area contributed by atoms with Gasteiger partial charge in [0.2, 0.25) is 5.13 Å². The van der Waals surface area contributed by atoms with Gasteiger partial charge in [-0.25, -0.2) is 12.7 Å². The van der Waals surface area contributed by atoms with Gasteiger partial charge < -0.3 is 10.1 Å². The van der Waals surface area contributed by atoms with Crippen molar-refractivity contribution in [1.82, 2.24) is 15.5 Å². The minimum Gasteiger partial charge on any atom is -0.493 e. The van der Waals surface area contributed by atoms with Gasteiger partial charge in [-0.3, -0.25) is 4.79 Å². The summed E-state index contributed by atoms with van der Waals surface area (Å²) in [6.07, 6.45) is -2.27. The zero-order valence-corrected chi connectivity index (χ0v) is 23.2. The van der Waals surface area contributed by atoms with Gasteiger partial charge in [0.15, 0.2) is 0 Å². The quantitative estimate of drug-likeness (QED) is 0.351. The normalized spacial score (nSPS) is 17.8. The molecule has 39 heavy (non-hydrogen) atoms. The molecule has 2 unspecified atom stereocenters. The number of aromatic nitrogens is 2. The second kappa shape index (κ2) is 11.5. The standard InChI is InChI=1S/C26H29F3N4O4S2/c1-4-37-23-14-18(26(27,28)29)10-13-21(23)24(34)31-22-7-5-6-20(22)17-8-11-19(12-9-17)39(35,36)33(16(2)3)25-32-30-15-38-25/h8-16,20,22H,4-7H2,1-3H3,(H,31,34). The maximum absolute atomic E-state index is 13.4. The number of nitrogens with zero attached hydrogens (tertiary/aromatic N) is 3. The van der Waals surface area contributed by atoms with Crippen molar-refractivity contribution in [3.05, 3.63) is 64.7 Å². The largest absolute Gasteiger partial charge is 0.493 e. The van der Waals surface area contributed by atoms with Crippen LogP contribution in [0, 0.1) is 0 Å². The van der Waals surface area contributed by atoms with E-state index in [1.165, 1.54) is 9.82 Å². The summed E-state index contributed by atoms with van der Waals surface area (Å²) in [6, 6.07) is 8.76. The maximum Gasteiger partial charge on any atom is 0.416 e. The molecule has 2 aromatic carbocycles. The number of carbonyl (C=O) groups is 1. The first kappa shape index (κ1) is 28.8. The van der Waals surface area contributed by atoms with E-state index in [-0.39, 0.29) is 45.9 Å². The molecule has 13 heteroatoms. The summed E-state index contributed by atoms with van der Waals surface area (Å²) in [5.74, 6) is -0.730. The van der Waals surface area contributed by atoms with Gasteiger partial charge in [0.25, 0.3) is 15.9 Å². The highest BCUT2D eigenvalue weighted by Crippen LogP contribution is 2.37. The minimum absolute atomic E-state index is 0.0300. The lowest BCUT2D eigenvalue weighted by molar-refractivity contribution is -0.137. The topological polar surface area (TPSA) is 101 Å². The lowest BCUT2D eigenvalue weighted by Crippen LogP contribution is -2.37. The molecule has 1 heterocycles. The number of hydrogen-bond acceptors (Lipinski definition) is 7. The zero-order chi connectivity index (χ0) is 28.4. The summed E-state index contributed by atoms with van der Waals surface area (Å²) < 4.78 is 72.8. The third-order valence-electron chi connectivity index (χ3n) is 6.56. The molecule has 210 valence electrons. The zero-order valence-electron chi connectivity index (χ0n) is 21.6. The van der Waals surface area contributed by atoms with E-state index in [4.69, 9.17) is 4.74 Å². The van der Waals surface area contributed by atoms with Crippen LogP contribution < -0.4 is 14.4 Å². The maximum atomic E-state index is 13.4. The van der Waals surface area contributed by atoms with Crippen LogP contribution in [0.3, 0.4) is 0 Å². The average Bonchev–Trinajstić information content (AvgIpc) is 3.56. The summed E-state index contributed by atoms with van der Waals surface area (Å²) in [4.78, 5) is 13.2. The number of hydrogen-bond donors (Lipinski definition) is 1. The van der Waals surface area contributed by atoms with E-state index in [2.05, 4.69) is 15.5 Å². The van der Waals surface area contributed by atoms with E-state index in [0.29, 0.717) is 6.42 Å². The monoisotopic (exact) mass is 582 g/mol. The lowest BCUT2D eigenvalue weighted by Gasteiger charge is -2.26. The molecule has 1 N–H and O–H groups in total. The summed E-state index contributed by atoms with van der Waals surface area (Å²) in [7, 11) is -3.88. The summed E-state index contributed by atoms with van der Waals surface area (Å²) in [6.45, 7) is 5.25. The van der Waals surface area contributed by atoms with Crippen molar-refractivity contribution in [1.29, 1.82) is 0 Å². The van der Waals surface area contributed by atoms with Crippen molar-refractivity contribution in [2.24, 2.45) is 0 Å². The minimum atomic E-state index is -4.56. The van der Waals surface area contributed by atoms with Gasteiger partial charge in [0, 0.05) is 18.0 Å². The van der Waals surface area contributed by atoms with E-state index < -0.39 is 27.7 Å². The molecule has 0 spiro atoms. The molecule has 1 aliphatic carbocycles. The Labute approximate surface area is 229 Å². The van der Waals surface area contributed by atoms with Crippen LogP contribution in [0.4, 0.5) is 18.3 Å². The van der Waals surface area contributed by atoms with Crippen molar-refractivity contribution >= 4 is 32.4 Å². The molecule has 8 nitrogen and oxygen atoms in total. The highest BCUT2D eigenvalue weighted by atomic mass is 32.2. The Morgan fingerprint density at radius 3 is 2.49 bits per heavy atom. The molecule has 0 aliphatic heterocycles. The molecule has 0 saturated heterocycles. The number of sulfonamides is 1. The summed E-state index contributed by atoms with van der Waals surface area (Å²) in [5.41, 5.74) is 1.47. The Bertz CT molecular complexity index is 1400. The first-order valence-corrected chi connectivity index (χ1v) is 14.8. The second-order valence-corrected chi connectivity index (χ2v) is 12.1. The summed E-state index contributed by atoms with van der Waals surface area (Å²) >= 11 is 1.13. The van der Waals surface area contributed by atoms with E-state index in [1.54, 1.807) is 45.0 Å². The molecule has 0 radical (unpaired) electrons. The van der Waals surface area contributed by atoms with Crippen LogP contribution in [0.5, 0.6) is 5.75 Å². The number of ether oxygens (including phenoxy) is 1. The van der Waals surface area contributed by atoms with E-state index in [1.807, 2.05) is 0 Å². The van der Waals surface area contributed by atoms with Gasteiger partial charge in [0.1, 0.15) is 11.3 Å². The fourth-order valence-corrected chi connectivity index (χ4v) is 7.33. The number of halogens is 3. The van der Waals surface area contributed by atoms with Crippen molar-refractivity contribution in [3.63, 3.8) is 0 Å². The van der Waals surface area contributed by atoms with Crippen molar-refractivity contribution < 1.29 is 31.1 Å². The van der Waals surface area contributed by atoms with Gasteiger partial charge in [-0.05, 0) is 69.5 Å². The first-order chi connectivity index (χ1) is 18.4. The first-order valence-electron chi connectivity index (χ1n) is 12.5. The molecule has 1 saturated carbocycles. The molecule has 3 aromatic rings. The molecule has 1 aromatic heterocycles. The predicted octanol–water partition coefficient (Wildman–Crippen LogP) is 5.63. The van der Waals surface area contributed by atoms with Crippen LogP contribution >= 0.6 is 11.3 Å². The number of anilines is 1. The van der Waals surface area contributed by atoms with Crippen LogP contribution in [0.25, 0.3) is 0 Å². The van der Waals surface area contributed by atoms with E-state index in [0.717, 1.165) is 47.9 Å². The van der Waals surface area contributed by atoms with Crippen LogP contribution in [-0.2, 0) is 16.2 Å². The Kier molecular flexibility index (Phi) is 8.50. The van der Waals surface area contributed by atoms with Crippen LogP contribution in [-0.4, -0.2) is 43.2 Å². The number of amides is 1. The molecular weight excluding hydrogens is 553 g/mol. The van der Waals surface area contributed by atoms with Gasteiger partial charge in [0.05, 0.1) is 22.6 Å². The lowest BCUT2D eigenvalue weighted by atomic mass is 9.94. The van der Waals surface area contributed by atoms with Crippen molar-refractivity contribution in [2.75, 3.05) is 10.9 Å². The van der Waals surface area contributed by atoms with Crippen molar-refractivity contribution in [2.45, 2.75) is 69.1 Å². The molecule has 4 rings (SSSR count). The van der Waals surface area contributed by atoms with E-state index in [9.17, 15) is 26.4 Å². The van der Waals surface area contributed by atoms with Crippen LogP contribution in [0.15, 0.2) is 52.9 Å². The highest BCUT2D eigenvalue weighted by molar-refractivity contribution is 7.93. The molecular formula is C26H29F3N4O4S2. The van der Waals surface area contributed by atoms with Crippen LogP contribution in [0.2, 0.25) is 0 Å². The van der Waals surface area contributed by atoms with Gasteiger partial charge in [-0.1, -0.05) is 29.9 Å². The number of nitrogens with one attached hydrogen (secondary N) is 1. The van der Waals surface area contributed by atoms with Crippen molar-refractivity contribution in [3.8, 4) is 5.75 Å². The number of benzene rings is 2. The Morgan fingerprint density at radius 2 is 1.90 bits per heavy atom. The van der Waals surface area contributed by atoms with Gasteiger partial charge in [-0.2, -0.15) is 13.2 Å². The van der Waals surface area contributed by atoms with Crippen LogP contribution in [0.1, 0.15) is 67.4 Å². The fraction of sp³-hybridized carbons (Fsp3) is 0.423. The molecule has 2 atom stereocenters. The second-order valence-electron chi connectivity index (χ2n) is 9.44. The Balaban J connectivity index is 1.53. The van der Waals surface area contributed by atoms with Gasteiger partial charge >= 0.3 is 6.18 Å². The third kappa shape index (κ3) is 6.19. The summed E-state index contributed by atoms with van der Waals surface area (Å²) in [5, 5.41) is 10.9. The average molecular weight is 583 g/mol. The molecule has 1 fully saturated rings. The molecule has 1 amide bonds. The van der Waals surface area contributed by atoms with E-state index >= 15 is 0 Å².